The number of amides is 2. The molecule has 0 bridgehead atoms. The first-order valence-electron chi connectivity index (χ1n) is 9.91. The lowest BCUT2D eigenvalue weighted by Crippen LogP contribution is -2.42. The second-order valence-corrected chi connectivity index (χ2v) is 9.71. The van der Waals surface area contributed by atoms with Gasteiger partial charge in [0.05, 0.1) is 25.4 Å². The summed E-state index contributed by atoms with van der Waals surface area (Å²) < 4.78 is 11.9. The average molecular weight is 614 g/mol. The number of halogens is 2. The van der Waals surface area contributed by atoms with E-state index in [4.69, 9.17) is 9.47 Å². The maximum atomic E-state index is 12.8. The molecule has 0 saturated carbocycles. The zero-order chi connectivity index (χ0) is 25.0. The van der Waals surface area contributed by atoms with Crippen LogP contribution in [0.4, 0.5) is 10.5 Å². The number of rotatable bonds is 8. The molecule has 12 heteroatoms. The van der Waals surface area contributed by atoms with E-state index in [-0.39, 0.29) is 23.8 Å². The predicted molar refractivity (Wildman–Crippen MR) is 133 cm³/mol. The van der Waals surface area contributed by atoms with Gasteiger partial charge in [0, 0.05) is 12.1 Å². The molecule has 178 valence electrons. The number of benzene rings is 2. The topological polar surface area (TPSA) is 116 Å². The summed E-state index contributed by atoms with van der Waals surface area (Å²) in [6.07, 6.45) is 1.54. The standard InChI is InChI=1S/C22H18Br2N2O7S/c1-3-32-21(28)12(2)25-20(27)18(34-22(25)29)10-14-8-16(23)19(17(24)9-14)33-11-13-5-4-6-15(7-13)26(30)31/h4-10,12H,3,11H2,1-2H3/b18-10+/t12-/m1/s1. The Kier molecular flexibility index (Phi) is 8.50. The van der Waals surface area contributed by atoms with Crippen molar-refractivity contribution in [2.24, 2.45) is 0 Å². The second-order valence-electron chi connectivity index (χ2n) is 7.01. The van der Waals surface area contributed by atoms with Crippen molar-refractivity contribution in [3.63, 3.8) is 0 Å². The van der Waals surface area contributed by atoms with Crippen molar-refractivity contribution in [2.75, 3.05) is 6.61 Å². The molecule has 3 rings (SSSR count). The number of nitro groups is 1. The molecule has 0 aliphatic carbocycles. The van der Waals surface area contributed by atoms with E-state index in [1.165, 1.54) is 19.1 Å². The van der Waals surface area contributed by atoms with Crippen molar-refractivity contribution in [1.82, 2.24) is 4.90 Å². The lowest BCUT2D eigenvalue weighted by molar-refractivity contribution is -0.384. The van der Waals surface area contributed by atoms with Gasteiger partial charge in [0.1, 0.15) is 18.4 Å². The van der Waals surface area contributed by atoms with E-state index in [0.717, 1.165) is 16.7 Å². The molecule has 2 amide bonds. The maximum Gasteiger partial charge on any atom is 0.329 e. The van der Waals surface area contributed by atoms with Crippen LogP contribution in [0.15, 0.2) is 50.2 Å². The van der Waals surface area contributed by atoms with E-state index >= 15 is 0 Å². The highest BCUT2D eigenvalue weighted by Crippen LogP contribution is 2.38. The Morgan fingerprint density at radius 1 is 1.24 bits per heavy atom. The van der Waals surface area contributed by atoms with Gasteiger partial charge in [-0.15, -0.1) is 0 Å². The van der Waals surface area contributed by atoms with E-state index in [9.17, 15) is 24.5 Å². The fourth-order valence-electron chi connectivity index (χ4n) is 3.05. The van der Waals surface area contributed by atoms with Gasteiger partial charge >= 0.3 is 5.97 Å². The zero-order valence-electron chi connectivity index (χ0n) is 17.9. The Balaban J connectivity index is 1.77. The molecule has 0 spiro atoms. The molecule has 1 saturated heterocycles. The average Bonchev–Trinajstić information content (AvgIpc) is 3.05. The molecule has 0 aromatic heterocycles. The van der Waals surface area contributed by atoms with Gasteiger partial charge in [0.2, 0.25) is 0 Å². The summed E-state index contributed by atoms with van der Waals surface area (Å²) in [5, 5.41) is 10.4. The van der Waals surface area contributed by atoms with Crippen molar-refractivity contribution >= 4 is 72.5 Å². The van der Waals surface area contributed by atoms with Crippen LogP contribution >= 0.6 is 43.6 Å². The summed E-state index contributed by atoms with van der Waals surface area (Å²) in [6, 6.07) is 8.52. The molecule has 1 aliphatic heterocycles. The Morgan fingerprint density at radius 3 is 2.53 bits per heavy atom. The number of ether oxygens (including phenoxy) is 2. The summed E-state index contributed by atoms with van der Waals surface area (Å²) in [5.41, 5.74) is 1.21. The van der Waals surface area contributed by atoms with E-state index in [2.05, 4.69) is 31.9 Å². The van der Waals surface area contributed by atoms with E-state index in [1.807, 2.05) is 0 Å². The van der Waals surface area contributed by atoms with Gasteiger partial charge in [-0.1, -0.05) is 12.1 Å². The third-order valence-corrected chi connectivity index (χ3v) is 6.72. The SMILES string of the molecule is CCOC(=O)[C@@H](C)N1C(=O)S/C(=C/c2cc(Br)c(OCc3cccc([N+](=O)[O-])c3)c(Br)c2)C1=O. The number of esters is 1. The number of non-ortho nitro benzene ring substituents is 1. The van der Waals surface area contributed by atoms with Crippen LogP contribution in [0.1, 0.15) is 25.0 Å². The van der Waals surface area contributed by atoms with Crippen LogP contribution in [-0.2, 0) is 20.9 Å². The Hall–Kier alpha value is -2.70. The fraction of sp³-hybridized carbons (Fsp3) is 0.227. The van der Waals surface area contributed by atoms with E-state index in [0.29, 0.717) is 25.8 Å². The number of carbonyl (C=O) groups excluding carboxylic acids is 3. The summed E-state index contributed by atoms with van der Waals surface area (Å²) >= 11 is 7.61. The number of thioether (sulfide) groups is 1. The van der Waals surface area contributed by atoms with Gasteiger partial charge in [0.15, 0.2) is 0 Å². The molecule has 0 unspecified atom stereocenters. The van der Waals surface area contributed by atoms with Crippen molar-refractivity contribution in [1.29, 1.82) is 0 Å². The van der Waals surface area contributed by atoms with Crippen LogP contribution in [0.25, 0.3) is 6.08 Å². The molecule has 0 N–H and O–H groups in total. The third kappa shape index (κ3) is 5.86. The lowest BCUT2D eigenvalue weighted by atomic mass is 10.2. The van der Waals surface area contributed by atoms with Gasteiger partial charge in [-0.3, -0.25) is 24.6 Å². The molecule has 9 nitrogen and oxygen atoms in total. The molecule has 2 aromatic rings. The fourth-order valence-corrected chi connectivity index (χ4v) is 5.41. The molecule has 1 aliphatic rings. The molecule has 1 fully saturated rings. The van der Waals surface area contributed by atoms with Crippen molar-refractivity contribution < 1.29 is 28.8 Å². The van der Waals surface area contributed by atoms with Crippen LogP contribution in [0, 0.1) is 10.1 Å². The van der Waals surface area contributed by atoms with Crippen LogP contribution in [-0.4, -0.2) is 39.6 Å². The maximum absolute atomic E-state index is 12.8. The van der Waals surface area contributed by atoms with Gasteiger partial charge in [0.25, 0.3) is 16.8 Å². The molecular formula is C22H18Br2N2O7S. The molecular weight excluding hydrogens is 596 g/mol. The first-order chi connectivity index (χ1) is 16.1. The Labute approximate surface area is 215 Å². The third-order valence-electron chi connectivity index (χ3n) is 4.66. The first kappa shape index (κ1) is 25.9. The normalized spacial score (nSPS) is 15.5. The highest BCUT2D eigenvalue weighted by atomic mass is 79.9. The van der Waals surface area contributed by atoms with E-state index < -0.39 is 28.1 Å². The zero-order valence-corrected chi connectivity index (χ0v) is 21.9. The van der Waals surface area contributed by atoms with Crippen LogP contribution in [0.2, 0.25) is 0 Å². The van der Waals surface area contributed by atoms with Gasteiger partial charge in [-0.2, -0.15) is 0 Å². The number of nitro benzene ring substituents is 1. The van der Waals surface area contributed by atoms with Crippen LogP contribution < -0.4 is 4.74 Å². The molecule has 34 heavy (non-hydrogen) atoms. The van der Waals surface area contributed by atoms with Crippen molar-refractivity contribution in [3.05, 3.63) is 71.5 Å². The Bertz CT molecular complexity index is 1180. The molecule has 1 heterocycles. The molecule has 1 atom stereocenters. The summed E-state index contributed by atoms with van der Waals surface area (Å²) in [6.45, 7) is 3.33. The number of hydrogen-bond donors (Lipinski definition) is 0. The number of hydrogen-bond acceptors (Lipinski definition) is 8. The van der Waals surface area contributed by atoms with Crippen molar-refractivity contribution in [2.45, 2.75) is 26.5 Å². The number of imide groups is 1. The highest BCUT2D eigenvalue weighted by molar-refractivity contribution is 9.11. The van der Waals surface area contributed by atoms with Crippen molar-refractivity contribution in [3.8, 4) is 5.75 Å². The smallest absolute Gasteiger partial charge is 0.329 e. The number of nitrogens with zero attached hydrogens (tertiary/aromatic N) is 2. The van der Waals surface area contributed by atoms with Gasteiger partial charge in [-0.25, -0.2) is 4.79 Å². The summed E-state index contributed by atoms with van der Waals surface area (Å²) in [5.74, 6) is -0.761. The predicted octanol–water partition coefficient (Wildman–Crippen LogP) is 5.69. The second kappa shape index (κ2) is 11.2. The Morgan fingerprint density at radius 2 is 1.91 bits per heavy atom. The summed E-state index contributed by atoms with van der Waals surface area (Å²) in [4.78, 5) is 48.6. The first-order valence-corrected chi connectivity index (χ1v) is 12.3. The monoisotopic (exact) mass is 612 g/mol. The number of carbonyl (C=O) groups is 3. The minimum atomic E-state index is -1.03. The quantitative estimate of drug-likeness (QED) is 0.161. The van der Waals surface area contributed by atoms with Gasteiger partial charge in [-0.05, 0) is 86.8 Å². The van der Waals surface area contributed by atoms with Crippen LogP contribution in [0.3, 0.4) is 0 Å². The minimum Gasteiger partial charge on any atom is -0.487 e. The lowest BCUT2D eigenvalue weighted by Gasteiger charge is -2.19. The molecule has 0 radical (unpaired) electrons. The minimum absolute atomic E-state index is 0.0270. The van der Waals surface area contributed by atoms with E-state index in [1.54, 1.807) is 37.3 Å². The summed E-state index contributed by atoms with van der Waals surface area (Å²) in [7, 11) is 0. The van der Waals surface area contributed by atoms with Crippen LogP contribution in [0.5, 0.6) is 5.75 Å². The van der Waals surface area contributed by atoms with Gasteiger partial charge < -0.3 is 9.47 Å². The molecule has 2 aromatic carbocycles. The highest BCUT2D eigenvalue weighted by Gasteiger charge is 2.41. The largest absolute Gasteiger partial charge is 0.487 e.